The molecule has 94 valence electrons. The highest BCUT2D eigenvalue weighted by Crippen LogP contribution is 2.39. The van der Waals surface area contributed by atoms with Gasteiger partial charge in [0.1, 0.15) is 5.82 Å². The van der Waals surface area contributed by atoms with Gasteiger partial charge in [-0.15, -0.1) is 0 Å². The predicted molar refractivity (Wildman–Crippen MR) is 69.8 cm³/mol. The summed E-state index contributed by atoms with van der Waals surface area (Å²) >= 11 is 5.88. The van der Waals surface area contributed by atoms with Gasteiger partial charge in [0, 0.05) is 12.0 Å². The number of hydrogen-bond donors (Lipinski definition) is 1. The Morgan fingerprint density at radius 1 is 1.18 bits per heavy atom. The Bertz CT molecular complexity index is 384. The zero-order chi connectivity index (χ0) is 12.3. The minimum atomic E-state index is -0.276. The quantitative estimate of drug-likeness (QED) is 0.794. The summed E-state index contributed by atoms with van der Waals surface area (Å²) in [5.74, 6) is -0.276. The van der Waals surface area contributed by atoms with Gasteiger partial charge in [-0.1, -0.05) is 49.4 Å². The van der Waals surface area contributed by atoms with Crippen LogP contribution in [-0.4, -0.2) is 6.54 Å². The molecule has 3 heteroatoms. The van der Waals surface area contributed by atoms with Gasteiger partial charge in [-0.25, -0.2) is 4.39 Å². The summed E-state index contributed by atoms with van der Waals surface area (Å²) in [6, 6.07) is 5.27. The van der Waals surface area contributed by atoms with E-state index in [2.05, 4.69) is 0 Å². The molecule has 0 bridgehead atoms. The molecule has 0 aromatic heterocycles. The van der Waals surface area contributed by atoms with E-state index in [4.69, 9.17) is 17.3 Å². The first-order chi connectivity index (χ1) is 8.19. The zero-order valence-electron chi connectivity index (χ0n) is 10.0. The molecule has 1 fully saturated rings. The Kier molecular flexibility index (Phi) is 4.05. The molecule has 2 N–H and O–H groups in total. The summed E-state index contributed by atoms with van der Waals surface area (Å²) in [5, 5.41) is 0.208. The molecule has 1 aromatic carbocycles. The van der Waals surface area contributed by atoms with Crippen molar-refractivity contribution in [3.8, 4) is 0 Å². The van der Waals surface area contributed by atoms with E-state index in [0.29, 0.717) is 6.54 Å². The number of hydrogen-bond acceptors (Lipinski definition) is 1. The lowest BCUT2D eigenvalue weighted by Gasteiger charge is -2.32. The van der Waals surface area contributed by atoms with Crippen LogP contribution in [0.15, 0.2) is 18.2 Å². The van der Waals surface area contributed by atoms with Gasteiger partial charge in [0.15, 0.2) is 0 Å². The summed E-state index contributed by atoms with van der Waals surface area (Å²) in [7, 11) is 0. The van der Waals surface area contributed by atoms with E-state index in [9.17, 15) is 4.39 Å². The van der Waals surface area contributed by atoms with Crippen molar-refractivity contribution in [2.75, 3.05) is 6.54 Å². The normalized spacial score (nSPS) is 19.9. The second-order valence-corrected chi connectivity index (χ2v) is 5.41. The Balaban J connectivity index is 2.42. The molecule has 0 radical (unpaired) electrons. The molecule has 0 unspecified atom stereocenters. The van der Waals surface area contributed by atoms with Crippen LogP contribution in [-0.2, 0) is 5.41 Å². The summed E-state index contributed by atoms with van der Waals surface area (Å²) < 4.78 is 14.2. The fourth-order valence-electron chi connectivity index (χ4n) is 2.90. The lowest BCUT2D eigenvalue weighted by Crippen LogP contribution is -2.35. The van der Waals surface area contributed by atoms with Crippen LogP contribution in [0.4, 0.5) is 4.39 Å². The van der Waals surface area contributed by atoms with Crippen LogP contribution in [0.5, 0.6) is 0 Å². The summed E-state index contributed by atoms with van der Waals surface area (Å²) in [5.41, 5.74) is 6.46. The zero-order valence-corrected chi connectivity index (χ0v) is 10.8. The third-order valence-corrected chi connectivity index (χ3v) is 4.27. The van der Waals surface area contributed by atoms with Crippen LogP contribution >= 0.6 is 11.6 Å². The first-order valence-electron chi connectivity index (χ1n) is 6.34. The molecule has 1 aliphatic rings. The molecular weight excluding hydrogens is 237 g/mol. The number of rotatable bonds is 2. The maximum absolute atomic E-state index is 14.2. The Labute approximate surface area is 107 Å². The van der Waals surface area contributed by atoms with Crippen LogP contribution in [0, 0.1) is 5.82 Å². The largest absolute Gasteiger partial charge is 0.330 e. The molecule has 0 aliphatic heterocycles. The van der Waals surface area contributed by atoms with E-state index < -0.39 is 0 Å². The van der Waals surface area contributed by atoms with Crippen LogP contribution in [0.3, 0.4) is 0 Å². The van der Waals surface area contributed by atoms with Gasteiger partial charge in [-0.3, -0.25) is 0 Å². The topological polar surface area (TPSA) is 26.0 Å². The molecule has 17 heavy (non-hydrogen) atoms. The van der Waals surface area contributed by atoms with Gasteiger partial charge >= 0.3 is 0 Å². The standard InChI is InChI=1S/C14H19ClFN/c15-12-7-5-6-11(13(12)16)14(10-17)8-3-1-2-4-9-14/h5-7H,1-4,8-10,17H2. The lowest BCUT2D eigenvalue weighted by atomic mass is 9.74. The highest BCUT2D eigenvalue weighted by molar-refractivity contribution is 6.30. The fraction of sp³-hybridized carbons (Fsp3) is 0.571. The van der Waals surface area contributed by atoms with E-state index in [-0.39, 0.29) is 16.3 Å². The van der Waals surface area contributed by atoms with Gasteiger partial charge in [-0.05, 0) is 24.5 Å². The molecule has 0 heterocycles. The fourth-order valence-corrected chi connectivity index (χ4v) is 3.08. The maximum atomic E-state index is 14.2. The van der Waals surface area contributed by atoms with Crippen LogP contribution < -0.4 is 5.73 Å². The minimum Gasteiger partial charge on any atom is -0.330 e. The number of benzene rings is 1. The SMILES string of the molecule is NCC1(c2cccc(Cl)c2F)CCCCCC1. The maximum Gasteiger partial charge on any atom is 0.145 e. The second kappa shape index (κ2) is 5.36. The van der Waals surface area contributed by atoms with Gasteiger partial charge < -0.3 is 5.73 Å². The molecule has 1 aliphatic carbocycles. The van der Waals surface area contributed by atoms with Crippen molar-refractivity contribution in [2.24, 2.45) is 5.73 Å². The van der Waals surface area contributed by atoms with Crippen molar-refractivity contribution in [1.82, 2.24) is 0 Å². The third kappa shape index (κ3) is 2.48. The number of halogens is 2. The second-order valence-electron chi connectivity index (χ2n) is 5.00. The average Bonchev–Trinajstić information content (AvgIpc) is 2.59. The Morgan fingerprint density at radius 3 is 2.41 bits per heavy atom. The first kappa shape index (κ1) is 12.8. The molecule has 1 nitrogen and oxygen atoms in total. The van der Waals surface area contributed by atoms with Crippen LogP contribution in [0.1, 0.15) is 44.1 Å². The molecule has 0 spiro atoms. The summed E-state index contributed by atoms with van der Waals surface area (Å²) in [6.45, 7) is 0.504. The molecule has 1 saturated carbocycles. The van der Waals surface area contributed by atoms with Crippen molar-refractivity contribution < 1.29 is 4.39 Å². The van der Waals surface area contributed by atoms with E-state index in [1.54, 1.807) is 6.07 Å². The molecule has 1 aromatic rings. The monoisotopic (exact) mass is 255 g/mol. The Hall–Kier alpha value is -0.600. The van der Waals surface area contributed by atoms with Gasteiger partial charge in [0.2, 0.25) is 0 Å². The van der Waals surface area contributed by atoms with Crippen molar-refractivity contribution in [3.63, 3.8) is 0 Å². The lowest BCUT2D eigenvalue weighted by molar-refractivity contribution is 0.364. The average molecular weight is 256 g/mol. The van der Waals surface area contributed by atoms with Crippen molar-refractivity contribution in [2.45, 2.75) is 43.9 Å². The first-order valence-corrected chi connectivity index (χ1v) is 6.72. The van der Waals surface area contributed by atoms with Crippen molar-refractivity contribution >= 4 is 11.6 Å². The van der Waals surface area contributed by atoms with Gasteiger partial charge in [0.05, 0.1) is 5.02 Å². The molecule has 0 atom stereocenters. The van der Waals surface area contributed by atoms with Crippen LogP contribution in [0.2, 0.25) is 5.02 Å². The third-order valence-electron chi connectivity index (χ3n) is 3.97. The smallest absolute Gasteiger partial charge is 0.145 e. The minimum absolute atomic E-state index is 0.203. The summed E-state index contributed by atoms with van der Waals surface area (Å²) in [6.07, 6.45) is 6.65. The highest BCUT2D eigenvalue weighted by Gasteiger charge is 2.34. The summed E-state index contributed by atoms with van der Waals surface area (Å²) in [4.78, 5) is 0. The predicted octanol–water partition coefficient (Wildman–Crippen LogP) is 4.03. The molecule has 0 saturated heterocycles. The Morgan fingerprint density at radius 2 is 1.82 bits per heavy atom. The van der Waals surface area contributed by atoms with Crippen LogP contribution in [0.25, 0.3) is 0 Å². The molecule has 0 amide bonds. The van der Waals surface area contributed by atoms with Gasteiger partial charge in [0.25, 0.3) is 0 Å². The van der Waals surface area contributed by atoms with Crippen molar-refractivity contribution in [3.05, 3.63) is 34.6 Å². The van der Waals surface area contributed by atoms with Crippen molar-refractivity contribution in [1.29, 1.82) is 0 Å². The van der Waals surface area contributed by atoms with E-state index in [1.165, 1.54) is 12.8 Å². The molecule has 2 rings (SSSR count). The van der Waals surface area contributed by atoms with Gasteiger partial charge in [-0.2, -0.15) is 0 Å². The van der Waals surface area contributed by atoms with E-state index in [0.717, 1.165) is 31.2 Å². The highest BCUT2D eigenvalue weighted by atomic mass is 35.5. The number of nitrogens with two attached hydrogens (primary N) is 1. The molecular formula is C14H19ClFN. The van der Waals surface area contributed by atoms with E-state index in [1.807, 2.05) is 12.1 Å². The van der Waals surface area contributed by atoms with E-state index >= 15 is 0 Å².